The predicted molar refractivity (Wildman–Crippen MR) is 83.7 cm³/mol. The minimum absolute atomic E-state index is 0.337. The molecule has 0 aliphatic rings. The Hall–Kier alpha value is -1.07. The lowest BCUT2D eigenvalue weighted by Crippen LogP contribution is -2.23. The first kappa shape index (κ1) is 16.3. The fraction of sp³-hybridized carbons (Fsp3) is 0.154. The van der Waals surface area contributed by atoms with Gasteiger partial charge in [-0.15, -0.1) is 0 Å². The Kier molecular flexibility index (Phi) is 5.27. The van der Waals surface area contributed by atoms with Crippen LogP contribution in [0.2, 0.25) is 5.15 Å². The van der Waals surface area contributed by atoms with E-state index in [-0.39, 0.29) is 0 Å². The van der Waals surface area contributed by atoms with Crippen LogP contribution in [-0.4, -0.2) is 19.7 Å². The molecule has 0 saturated carbocycles. The van der Waals surface area contributed by atoms with E-state index >= 15 is 0 Å². The summed E-state index contributed by atoms with van der Waals surface area (Å²) >= 11 is 22.3. The van der Waals surface area contributed by atoms with Gasteiger partial charge in [0.15, 0.2) is 0 Å². The van der Waals surface area contributed by atoms with Gasteiger partial charge in [-0.1, -0.05) is 58.5 Å². The predicted octanol–water partition coefficient (Wildman–Crippen LogP) is 3.45. The Morgan fingerprint density at radius 1 is 1.29 bits per heavy atom. The number of aromatic amines is 1. The Morgan fingerprint density at radius 3 is 2.67 bits per heavy atom. The average molecular weight is 365 g/mol. The van der Waals surface area contributed by atoms with Gasteiger partial charge in [-0.3, -0.25) is 4.79 Å². The van der Waals surface area contributed by atoms with Crippen LogP contribution in [0.5, 0.6) is 0 Å². The van der Waals surface area contributed by atoms with Gasteiger partial charge in [-0.25, -0.2) is 4.98 Å². The van der Waals surface area contributed by atoms with Gasteiger partial charge in [0.25, 0.3) is 9.70 Å². The molecule has 0 fully saturated rings. The molecule has 2 aromatic heterocycles. The maximum absolute atomic E-state index is 11.7. The summed E-state index contributed by atoms with van der Waals surface area (Å²) in [7, 11) is 0. The summed E-state index contributed by atoms with van der Waals surface area (Å²) in [5.74, 6) is -0.856. The van der Waals surface area contributed by atoms with Crippen molar-refractivity contribution in [2.24, 2.45) is 4.99 Å². The van der Waals surface area contributed by atoms with Crippen molar-refractivity contribution in [3.8, 4) is 0 Å². The average Bonchev–Trinajstić information content (AvgIpc) is 2.42. The number of nitrogens with zero attached hydrogens (tertiary/aromatic N) is 2. The van der Waals surface area contributed by atoms with Crippen LogP contribution in [0.3, 0.4) is 0 Å². The van der Waals surface area contributed by atoms with Crippen molar-refractivity contribution in [2.75, 3.05) is 0 Å². The summed E-state index contributed by atoms with van der Waals surface area (Å²) in [4.78, 5) is 22.3. The van der Waals surface area contributed by atoms with E-state index in [0.29, 0.717) is 17.1 Å². The van der Waals surface area contributed by atoms with E-state index in [9.17, 15) is 4.79 Å². The smallest absolute Gasteiger partial charge is 0.299 e. The van der Waals surface area contributed by atoms with Crippen molar-refractivity contribution >= 4 is 52.3 Å². The minimum Gasteiger partial charge on any atom is -0.346 e. The molecule has 0 atom stereocenters. The van der Waals surface area contributed by atoms with Crippen molar-refractivity contribution in [1.82, 2.24) is 9.97 Å². The molecule has 21 heavy (non-hydrogen) atoms. The third kappa shape index (κ3) is 4.71. The summed E-state index contributed by atoms with van der Waals surface area (Å²) in [5, 5.41) is 0.412. The standard InChI is InChI=1S/C13H9Cl4N3O/c14-10-4-3-8(7-19-10)6-9-2-1-5-18-11(9)20-12(21)13(15,16)17/h1-5,7H,6H2,(H,18,20,21). The van der Waals surface area contributed by atoms with Crippen LogP contribution in [0.1, 0.15) is 11.1 Å². The quantitative estimate of drug-likeness (QED) is 0.655. The van der Waals surface area contributed by atoms with Crippen LogP contribution < -0.4 is 5.49 Å². The van der Waals surface area contributed by atoms with Gasteiger partial charge in [-0.2, -0.15) is 4.99 Å². The number of halogens is 4. The minimum atomic E-state index is -2.08. The molecule has 0 spiro atoms. The van der Waals surface area contributed by atoms with Crippen LogP contribution in [0.25, 0.3) is 0 Å². The number of alkyl halides is 3. The van der Waals surface area contributed by atoms with Gasteiger partial charge in [0.2, 0.25) is 0 Å². The van der Waals surface area contributed by atoms with Crippen molar-refractivity contribution in [2.45, 2.75) is 10.2 Å². The molecule has 0 saturated heterocycles. The normalized spacial score (nSPS) is 12.5. The summed E-state index contributed by atoms with van der Waals surface area (Å²) in [6.45, 7) is 0. The molecule has 0 aromatic carbocycles. The van der Waals surface area contributed by atoms with Gasteiger partial charge < -0.3 is 4.98 Å². The second-order valence-electron chi connectivity index (χ2n) is 4.12. The van der Waals surface area contributed by atoms with Gasteiger partial charge >= 0.3 is 0 Å². The number of aromatic nitrogens is 2. The number of hydrogen-bond acceptors (Lipinski definition) is 2. The van der Waals surface area contributed by atoms with Crippen LogP contribution in [0.15, 0.2) is 41.7 Å². The molecular weight excluding hydrogens is 356 g/mol. The van der Waals surface area contributed by atoms with Gasteiger partial charge in [0.05, 0.1) is 0 Å². The first-order chi connectivity index (χ1) is 9.86. The zero-order valence-electron chi connectivity index (χ0n) is 10.5. The monoisotopic (exact) mass is 363 g/mol. The van der Waals surface area contributed by atoms with Crippen LogP contribution in [0, 0.1) is 0 Å². The van der Waals surface area contributed by atoms with E-state index in [1.54, 1.807) is 24.5 Å². The number of pyridine rings is 2. The molecule has 0 radical (unpaired) electrons. The second kappa shape index (κ2) is 6.79. The number of carbonyl (C=O) groups is 1. The molecule has 0 unspecified atom stereocenters. The Bertz CT molecular complexity index is 704. The Labute approximate surface area is 140 Å². The lowest BCUT2D eigenvalue weighted by atomic mass is 10.1. The van der Waals surface area contributed by atoms with Gasteiger partial charge in [-0.05, 0) is 23.3 Å². The molecule has 0 bridgehead atoms. The first-order valence-corrected chi connectivity index (χ1v) is 7.30. The van der Waals surface area contributed by atoms with Crippen LogP contribution in [-0.2, 0) is 11.2 Å². The summed E-state index contributed by atoms with van der Waals surface area (Å²) in [5.41, 5.74) is 2.02. The van der Waals surface area contributed by atoms with Crippen LogP contribution >= 0.6 is 46.4 Å². The maximum Gasteiger partial charge on any atom is 0.299 e. The SMILES string of the molecule is O=C(N=c1[nH]cccc1Cc1ccc(Cl)nc1)C(Cl)(Cl)Cl. The number of amides is 1. The molecule has 2 aromatic rings. The fourth-order valence-corrected chi connectivity index (χ4v) is 1.84. The first-order valence-electron chi connectivity index (χ1n) is 5.79. The molecule has 2 rings (SSSR count). The number of H-pyrrole nitrogens is 1. The highest BCUT2D eigenvalue weighted by molar-refractivity contribution is 6.76. The maximum atomic E-state index is 11.7. The highest BCUT2D eigenvalue weighted by Crippen LogP contribution is 2.27. The molecule has 1 N–H and O–H groups in total. The molecule has 8 heteroatoms. The zero-order chi connectivity index (χ0) is 15.5. The third-order valence-electron chi connectivity index (χ3n) is 2.56. The largest absolute Gasteiger partial charge is 0.346 e. The van der Waals surface area contributed by atoms with Crippen molar-refractivity contribution in [3.05, 3.63) is 58.4 Å². The van der Waals surface area contributed by atoms with Gasteiger partial charge in [0, 0.05) is 18.8 Å². The molecule has 110 valence electrons. The lowest BCUT2D eigenvalue weighted by Gasteiger charge is -2.06. The molecular formula is C13H9Cl4N3O. The molecule has 0 aliphatic carbocycles. The number of nitrogens with one attached hydrogen (secondary N) is 1. The van der Waals surface area contributed by atoms with E-state index in [4.69, 9.17) is 46.4 Å². The van der Waals surface area contributed by atoms with E-state index in [0.717, 1.165) is 11.1 Å². The van der Waals surface area contributed by atoms with E-state index in [1.165, 1.54) is 0 Å². The van der Waals surface area contributed by atoms with Gasteiger partial charge in [0.1, 0.15) is 10.6 Å². The lowest BCUT2D eigenvalue weighted by molar-refractivity contribution is -0.117. The third-order valence-corrected chi connectivity index (χ3v) is 3.27. The second-order valence-corrected chi connectivity index (χ2v) is 6.79. The van der Waals surface area contributed by atoms with Crippen molar-refractivity contribution < 1.29 is 4.79 Å². The molecule has 0 aliphatic heterocycles. The summed E-state index contributed by atoms with van der Waals surface area (Å²) in [6.07, 6.45) is 3.79. The number of carbonyl (C=O) groups excluding carboxylic acids is 1. The highest BCUT2D eigenvalue weighted by Gasteiger charge is 2.30. The zero-order valence-corrected chi connectivity index (χ0v) is 13.5. The summed E-state index contributed by atoms with van der Waals surface area (Å²) in [6, 6.07) is 7.13. The fourth-order valence-electron chi connectivity index (χ4n) is 1.61. The molecule has 1 amide bonds. The molecule has 2 heterocycles. The van der Waals surface area contributed by atoms with E-state index in [2.05, 4.69) is 15.0 Å². The van der Waals surface area contributed by atoms with E-state index < -0.39 is 9.70 Å². The topological polar surface area (TPSA) is 58.1 Å². The summed E-state index contributed by atoms with van der Waals surface area (Å²) < 4.78 is -2.08. The highest BCUT2D eigenvalue weighted by atomic mass is 35.6. The number of rotatable bonds is 2. The Balaban J connectivity index is 2.35. The van der Waals surface area contributed by atoms with Crippen LogP contribution in [0.4, 0.5) is 0 Å². The molecule has 4 nitrogen and oxygen atoms in total. The van der Waals surface area contributed by atoms with E-state index in [1.807, 2.05) is 12.1 Å². The van der Waals surface area contributed by atoms with Crippen molar-refractivity contribution in [3.63, 3.8) is 0 Å². The Morgan fingerprint density at radius 2 is 2.05 bits per heavy atom. The number of hydrogen-bond donors (Lipinski definition) is 1. The van der Waals surface area contributed by atoms with Crippen molar-refractivity contribution in [1.29, 1.82) is 0 Å².